The summed E-state index contributed by atoms with van der Waals surface area (Å²) in [7, 11) is 0. The molecular weight excluding hydrogens is 217 g/mol. The highest BCUT2D eigenvalue weighted by Crippen LogP contribution is 2.13. The number of hydrazine groups is 1. The van der Waals surface area contributed by atoms with Crippen LogP contribution in [0, 0.1) is 11.7 Å². The van der Waals surface area contributed by atoms with E-state index in [0.717, 1.165) is 0 Å². The first-order chi connectivity index (χ1) is 8.00. The van der Waals surface area contributed by atoms with E-state index in [0.29, 0.717) is 11.4 Å². The Bertz CT molecular complexity index is 344. The van der Waals surface area contributed by atoms with E-state index < -0.39 is 0 Å². The van der Waals surface area contributed by atoms with Gasteiger partial charge in [0.05, 0.1) is 5.69 Å². The Morgan fingerprint density at radius 3 is 2.12 bits per heavy atom. The van der Waals surface area contributed by atoms with Crippen molar-refractivity contribution < 1.29 is 4.39 Å². The van der Waals surface area contributed by atoms with Gasteiger partial charge in [0.15, 0.2) is 0 Å². The highest BCUT2D eigenvalue weighted by molar-refractivity contribution is 5.47. The second-order valence-corrected chi connectivity index (χ2v) is 3.67. The number of rotatable bonds is 3. The average molecular weight is 239 g/mol. The van der Waals surface area contributed by atoms with Gasteiger partial charge >= 0.3 is 0 Å². The summed E-state index contributed by atoms with van der Waals surface area (Å²) in [6.07, 6.45) is 1.64. The van der Waals surface area contributed by atoms with Crippen molar-refractivity contribution >= 4 is 5.69 Å². The third-order valence-corrected chi connectivity index (χ3v) is 2.08. The zero-order chi connectivity index (χ0) is 13.4. The number of benzene rings is 1. The van der Waals surface area contributed by atoms with Crippen LogP contribution in [0.15, 0.2) is 36.2 Å². The van der Waals surface area contributed by atoms with Crippen LogP contribution in [0.2, 0.25) is 0 Å². The molecule has 4 N–H and O–H groups in total. The smallest absolute Gasteiger partial charge is 0.123 e. The van der Waals surface area contributed by atoms with E-state index >= 15 is 0 Å². The van der Waals surface area contributed by atoms with Gasteiger partial charge in [0.25, 0.3) is 0 Å². The molecular formula is C13H22FN3. The number of hydrogen-bond donors (Lipinski definition) is 2. The molecule has 1 aromatic rings. The molecule has 0 heterocycles. The summed E-state index contributed by atoms with van der Waals surface area (Å²) in [5.74, 6) is 5.69. The summed E-state index contributed by atoms with van der Waals surface area (Å²) in [5, 5.41) is 1.38. The van der Waals surface area contributed by atoms with Crippen molar-refractivity contribution in [3.8, 4) is 0 Å². The summed E-state index contributed by atoms with van der Waals surface area (Å²) >= 11 is 0. The number of halogens is 1. The first-order valence-electron chi connectivity index (χ1n) is 5.77. The normalized spacial score (nSPS) is 10.9. The summed E-state index contributed by atoms with van der Waals surface area (Å²) < 4.78 is 12.6. The van der Waals surface area contributed by atoms with Gasteiger partial charge in [0.2, 0.25) is 0 Å². The molecule has 0 unspecified atom stereocenters. The van der Waals surface area contributed by atoms with E-state index in [-0.39, 0.29) is 11.7 Å². The quantitative estimate of drug-likeness (QED) is 0.629. The fourth-order valence-electron chi connectivity index (χ4n) is 0.997. The van der Waals surface area contributed by atoms with Crippen LogP contribution in [0.5, 0.6) is 0 Å². The number of hydrogen-bond acceptors (Lipinski definition) is 3. The van der Waals surface area contributed by atoms with Crippen LogP contribution >= 0.6 is 0 Å². The fourth-order valence-corrected chi connectivity index (χ4v) is 0.997. The predicted octanol–water partition coefficient (Wildman–Crippen LogP) is 2.99. The molecule has 96 valence electrons. The Morgan fingerprint density at radius 2 is 1.71 bits per heavy atom. The number of nitrogens with zero attached hydrogens (tertiary/aromatic N) is 1. The molecule has 0 bridgehead atoms. The Hall–Kier alpha value is -1.55. The Labute approximate surface area is 103 Å². The number of nitrogens with two attached hydrogens (primary N) is 2. The predicted molar refractivity (Wildman–Crippen MR) is 71.5 cm³/mol. The van der Waals surface area contributed by atoms with Crippen LogP contribution in [0.3, 0.4) is 0 Å². The van der Waals surface area contributed by atoms with Crippen LogP contribution in [0.1, 0.15) is 27.7 Å². The summed E-state index contributed by atoms with van der Waals surface area (Å²) in [5.41, 5.74) is 7.13. The minimum atomic E-state index is -0.284. The largest absolute Gasteiger partial charge is 0.401 e. The first-order valence-corrected chi connectivity index (χ1v) is 5.77. The van der Waals surface area contributed by atoms with Gasteiger partial charge in [-0.05, 0) is 30.2 Å². The lowest BCUT2D eigenvalue weighted by molar-refractivity contribution is 0.627. The van der Waals surface area contributed by atoms with Crippen molar-refractivity contribution in [3.05, 3.63) is 42.0 Å². The molecule has 0 aliphatic carbocycles. The van der Waals surface area contributed by atoms with Crippen molar-refractivity contribution in [3.63, 3.8) is 0 Å². The molecule has 0 saturated carbocycles. The minimum Gasteiger partial charge on any atom is -0.401 e. The maximum Gasteiger partial charge on any atom is 0.123 e. The molecule has 0 radical (unpaired) electrons. The monoisotopic (exact) mass is 239 g/mol. The van der Waals surface area contributed by atoms with Crippen molar-refractivity contribution in [1.29, 1.82) is 0 Å². The van der Waals surface area contributed by atoms with Gasteiger partial charge in [-0.15, -0.1) is 0 Å². The fraction of sp³-hybridized carbons (Fsp3) is 0.385. The van der Waals surface area contributed by atoms with E-state index in [1.54, 1.807) is 18.3 Å². The molecule has 4 heteroatoms. The lowest BCUT2D eigenvalue weighted by atomic mass is 10.1. The molecule has 0 fully saturated rings. The molecule has 1 rings (SSSR count). The third kappa shape index (κ3) is 5.36. The van der Waals surface area contributed by atoms with Crippen LogP contribution in [-0.4, -0.2) is 0 Å². The Balaban J connectivity index is 0.00000121. The average Bonchev–Trinajstić information content (AvgIpc) is 2.32. The van der Waals surface area contributed by atoms with E-state index in [2.05, 4.69) is 0 Å². The molecule has 0 atom stereocenters. The Kier molecular flexibility index (Phi) is 6.98. The molecule has 0 amide bonds. The Morgan fingerprint density at radius 1 is 1.24 bits per heavy atom. The maximum absolute atomic E-state index is 12.6. The van der Waals surface area contributed by atoms with E-state index in [1.807, 2.05) is 27.7 Å². The summed E-state index contributed by atoms with van der Waals surface area (Å²) in [6.45, 7) is 7.95. The number of anilines is 1. The van der Waals surface area contributed by atoms with Gasteiger partial charge in [-0.3, -0.25) is 5.01 Å². The molecule has 0 aliphatic heterocycles. The number of allylic oxidation sites excluding steroid dienone is 1. The molecule has 0 saturated heterocycles. The van der Waals surface area contributed by atoms with Crippen LogP contribution in [-0.2, 0) is 0 Å². The zero-order valence-corrected chi connectivity index (χ0v) is 10.9. The van der Waals surface area contributed by atoms with E-state index in [1.165, 1.54) is 17.1 Å². The van der Waals surface area contributed by atoms with Crippen molar-refractivity contribution in [2.45, 2.75) is 27.7 Å². The van der Waals surface area contributed by atoms with Gasteiger partial charge in [-0.2, -0.15) is 0 Å². The zero-order valence-electron chi connectivity index (χ0n) is 10.9. The van der Waals surface area contributed by atoms with Crippen molar-refractivity contribution in [1.82, 2.24) is 0 Å². The van der Waals surface area contributed by atoms with Gasteiger partial charge in [-0.1, -0.05) is 27.7 Å². The molecule has 0 aromatic heterocycles. The third-order valence-electron chi connectivity index (χ3n) is 2.08. The van der Waals surface area contributed by atoms with Gasteiger partial charge in [-0.25, -0.2) is 10.2 Å². The summed E-state index contributed by atoms with van der Waals surface area (Å²) in [6, 6.07) is 5.90. The highest BCUT2D eigenvalue weighted by atomic mass is 19.1. The van der Waals surface area contributed by atoms with Crippen molar-refractivity contribution in [2.24, 2.45) is 17.5 Å². The standard InChI is InChI=1S/C11H16FN3.C2H6/c1-8(2)11(13)7-15(14)10-5-3-9(12)4-6-10;1-2/h3-8H,13-14H2,1-2H3;1-2H3/b11-7-;. The maximum atomic E-state index is 12.6. The second-order valence-electron chi connectivity index (χ2n) is 3.67. The molecule has 3 nitrogen and oxygen atoms in total. The minimum absolute atomic E-state index is 0.233. The van der Waals surface area contributed by atoms with Crippen LogP contribution in [0.4, 0.5) is 10.1 Å². The van der Waals surface area contributed by atoms with Gasteiger partial charge < -0.3 is 5.73 Å². The lowest BCUT2D eigenvalue weighted by Crippen LogP contribution is -2.26. The van der Waals surface area contributed by atoms with Crippen LogP contribution < -0.4 is 16.6 Å². The van der Waals surface area contributed by atoms with E-state index in [4.69, 9.17) is 11.6 Å². The first kappa shape index (κ1) is 15.4. The van der Waals surface area contributed by atoms with Gasteiger partial charge in [0, 0.05) is 11.9 Å². The van der Waals surface area contributed by atoms with Gasteiger partial charge in [0.1, 0.15) is 5.82 Å². The lowest BCUT2D eigenvalue weighted by Gasteiger charge is -2.16. The second kappa shape index (κ2) is 7.68. The molecule has 0 aliphatic rings. The molecule has 17 heavy (non-hydrogen) atoms. The van der Waals surface area contributed by atoms with Crippen molar-refractivity contribution in [2.75, 3.05) is 5.01 Å². The highest BCUT2D eigenvalue weighted by Gasteiger charge is 2.02. The summed E-state index contributed by atoms with van der Waals surface area (Å²) in [4.78, 5) is 0. The molecule has 0 spiro atoms. The van der Waals surface area contributed by atoms with Crippen LogP contribution in [0.25, 0.3) is 0 Å². The molecule has 1 aromatic carbocycles. The topological polar surface area (TPSA) is 55.3 Å². The van der Waals surface area contributed by atoms with E-state index in [9.17, 15) is 4.39 Å². The SMILES string of the molecule is CC.CC(C)/C(N)=C/N(N)c1ccc(F)cc1.